The summed E-state index contributed by atoms with van der Waals surface area (Å²) in [5.41, 5.74) is 2.63. The summed E-state index contributed by atoms with van der Waals surface area (Å²) < 4.78 is 0. The molecule has 0 spiro atoms. The summed E-state index contributed by atoms with van der Waals surface area (Å²) in [7, 11) is 0. The monoisotopic (exact) mass is 394 g/mol. The molecule has 0 amide bonds. The van der Waals surface area contributed by atoms with Crippen LogP contribution >= 0.6 is 34.8 Å². The van der Waals surface area contributed by atoms with Crippen molar-refractivity contribution in [1.82, 2.24) is 0 Å². The summed E-state index contributed by atoms with van der Waals surface area (Å²) in [6.07, 6.45) is 5.20. The van der Waals surface area contributed by atoms with E-state index in [0.29, 0.717) is 10.0 Å². The van der Waals surface area contributed by atoms with Crippen molar-refractivity contribution >= 4 is 46.2 Å². The summed E-state index contributed by atoms with van der Waals surface area (Å²) in [4.78, 5) is 10.8. The number of hydrogen-bond acceptors (Lipinski definition) is 3. The van der Waals surface area contributed by atoms with Gasteiger partial charge in [-0.1, -0.05) is 59.1 Å². The van der Waals surface area contributed by atoms with E-state index in [4.69, 9.17) is 34.8 Å². The van der Waals surface area contributed by atoms with Crippen LogP contribution in [0.2, 0.25) is 15.1 Å². The van der Waals surface area contributed by atoms with Crippen molar-refractivity contribution in [2.75, 3.05) is 5.32 Å². The molecule has 0 bridgehead atoms. The van der Waals surface area contributed by atoms with Gasteiger partial charge in [0.05, 0.1) is 26.7 Å². The molecule has 0 radical (unpaired) electrons. The first-order valence-electron chi connectivity index (χ1n) is 7.82. The molecule has 2 aliphatic rings. The fourth-order valence-electron chi connectivity index (χ4n) is 3.80. The fraction of sp³-hybridized carbons (Fsp3) is 0.222. The average molecular weight is 396 g/mol. The van der Waals surface area contributed by atoms with E-state index in [0.717, 1.165) is 23.2 Å². The van der Waals surface area contributed by atoms with Gasteiger partial charge in [0.25, 0.3) is 5.69 Å². The Morgan fingerprint density at radius 2 is 1.88 bits per heavy atom. The van der Waals surface area contributed by atoms with E-state index in [1.807, 2.05) is 12.1 Å². The lowest BCUT2D eigenvalue weighted by Gasteiger charge is -2.38. The lowest BCUT2D eigenvalue weighted by Crippen LogP contribution is -2.29. The summed E-state index contributed by atoms with van der Waals surface area (Å²) in [6.45, 7) is 0. The molecule has 2 aromatic rings. The van der Waals surface area contributed by atoms with Gasteiger partial charge in [0.15, 0.2) is 0 Å². The van der Waals surface area contributed by atoms with Crippen molar-refractivity contribution in [3.05, 3.63) is 78.8 Å². The van der Waals surface area contributed by atoms with Crippen LogP contribution in [0, 0.1) is 16.0 Å². The van der Waals surface area contributed by atoms with Crippen LogP contribution in [0.3, 0.4) is 0 Å². The number of nitrogens with zero attached hydrogens (tertiary/aromatic N) is 1. The third-order valence-corrected chi connectivity index (χ3v) is 6.08. The molecular formula is C18H13Cl3N2O2. The van der Waals surface area contributed by atoms with Crippen molar-refractivity contribution in [3.63, 3.8) is 0 Å². The zero-order valence-electron chi connectivity index (χ0n) is 12.9. The van der Waals surface area contributed by atoms with Gasteiger partial charge < -0.3 is 5.32 Å². The molecule has 0 saturated heterocycles. The van der Waals surface area contributed by atoms with E-state index in [1.165, 1.54) is 0 Å². The van der Waals surface area contributed by atoms with Crippen molar-refractivity contribution in [2.24, 2.45) is 5.92 Å². The first-order valence-corrected chi connectivity index (χ1v) is 8.95. The van der Waals surface area contributed by atoms with Crippen LogP contribution in [0.1, 0.15) is 29.5 Å². The Kier molecular flexibility index (Phi) is 4.14. The Bertz CT molecular complexity index is 913. The third kappa shape index (κ3) is 2.69. The normalized spacial score (nSPS) is 23.7. The number of anilines is 1. The topological polar surface area (TPSA) is 55.2 Å². The van der Waals surface area contributed by atoms with Crippen LogP contribution in [-0.4, -0.2) is 4.92 Å². The average Bonchev–Trinajstić information content (AvgIpc) is 3.07. The molecule has 1 aliphatic heterocycles. The standard InChI is InChI=1S/C18H13Cl3N2O2/c19-13-6-4-9(8-15(13)23(24)25)17-11-3-1-2-10(11)12-5-7-14(20)16(21)18(12)22-17/h1-2,4-8,10-11,17,22H,3H2/t10-,11+,17-/m0/s1. The lowest BCUT2D eigenvalue weighted by molar-refractivity contribution is -0.384. The van der Waals surface area contributed by atoms with Gasteiger partial charge >= 0.3 is 0 Å². The van der Waals surface area contributed by atoms with Gasteiger partial charge in [-0.05, 0) is 35.6 Å². The number of benzene rings is 2. The molecule has 1 heterocycles. The molecule has 0 fully saturated rings. The van der Waals surface area contributed by atoms with E-state index in [1.54, 1.807) is 18.2 Å². The van der Waals surface area contributed by atoms with E-state index in [-0.39, 0.29) is 28.6 Å². The van der Waals surface area contributed by atoms with Gasteiger partial charge in [0, 0.05) is 12.0 Å². The molecule has 4 nitrogen and oxygen atoms in total. The SMILES string of the molecule is O=[N+]([O-])c1cc([C@@H]2Nc3c(ccc(Cl)c3Cl)[C@H]3C=CC[C@H]32)ccc1Cl. The Morgan fingerprint density at radius 3 is 2.64 bits per heavy atom. The van der Waals surface area contributed by atoms with Crippen LogP contribution in [0.15, 0.2) is 42.5 Å². The number of nitrogens with one attached hydrogen (secondary N) is 1. The zero-order chi connectivity index (χ0) is 17.7. The lowest BCUT2D eigenvalue weighted by atomic mass is 9.77. The van der Waals surface area contributed by atoms with Gasteiger partial charge in [-0.15, -0.1) is 0 Å². The van der Waals surface area contributed by atoms with Gasteiger partial charge in [-0.25, -0.2) is 0 Å². The van der Waals surface area contributed by atoms with Gasteiger partial charge in [0.2, 0.25) is 0 Å². The number of allylic oxidation sites excluding steroid dienone is 2. The quantitative estimate of drug-likeness (QED) is 0.364. The summed E-state index contributed by atoms with van der Waals surface area (Å²) >= 11 is 18.5. The molecule has 4 rings (SSSR count). The molecule has 0 saturated carbocycles. The van der Waals surface area contributed by atoms with E-state index < -0.39 is 4.92 Å². The molecule has 7 heteroatoms. The third-order valence-electron chi connectivity index (χ3n) is 4.95. The van der Waals surface area contributed by atoms with Crippen LogP contribution in [0.25, 0.3) is 0 Å². The number of fused-ring (bicyclic) bond motifs is 3. The Morgan fingerprint density at radius 1 is 1.12 bits per heavy atom. The highest BCUT2D eigenvalue weighted by atomic mass is 35.5. The van der Waals surface area contributed by atoms with Crippen LogP contribution < -0.4 is 5.32 Å². The zero-order valence-corrected chi connectivity index (χ0v) is 15.1. The maximum Gasteiger partial charge on any atom is 0.288 e. The summed E-state index contributed by atoms with van der Waals surface area (Å²) in [5.74, 6) is 0.455. The van der Waals surface area contributed by atoms with E-state index in [2.05, 4.69) is 17.5 Å². The number of nitro groups is 1. The second kappa shape index (κ2) is 6.20. The molecule has 1 N–H and O–H groups in total. The van der Waals surface area contributed by atoms with E-state index in [9.17, 15) is 10.1 Å². The predicted octanol–water partition coefficient (Wildman–Crippen LogP) is 6.38. The maximum absolute atomic E-state index is 11.2. The highest BCUT2D eigenvalue weighted by Crippen LogP contribution is 2.52. The molecular weight excluding hydrogens is 383 g/mol. The van der Waals surface area contributed by atoms with Crippen LogP contribution in [0.4, 0.5) is 11.4 Å². The summed E-state index contributed by atoms with van der Waals surface area (Å²) in [6, 6.07) is 8.62. The molecule has 2 aromatic carbocycles. The number of nitro benzene ring substituents is 1. The van der Waals surface area contributed by atoms with Crippen molar-refractivity contribution in [2.45, 2.75) is 18.4 Å². The number of rotatable bonds is 2. The molecule has 25 heavy (non-hydrogen) atoms. The van der Waals surface area contributed by atoms with Crippen molar-refractivity contribution in [1.29, 1.82) is 0 Å². The fourth-order valence-corrected chi connectivity index (χ4v) is 4.37. The largest absolute Gasteiger partial charge is 0.376 e. The number of hydrogen-bond donors (Lipinski definition) is 1. The summed E-state index contributed by atoms with van der Waals surface area (Å²) in [5, 5.41) is 15.8. The van der Waals surface area contributed by atoms with Crippen molar-refractivity contribution in [3.8, 4) is 0 Å². The van der Waals surface area contributed by atoms with Gasteiger partial charge in [-0.2, -0.15) is 0 Å². The second-order valence-corrected chi connectivity index (χ2v) is 7.46. The molecule has 3 atom stereocenters. The van der Waals surface area contributed by atoms with Gasteiger partial charge in [-0.3, -0.25) is 10.1 Å². The Balaban J connectivity index is 1.83. The smallest absolute Gasteiger partial charge is 0.288 e. The molecule has 0 aromatic heterocycles. The van der Waals surface area contributed by atoms with E-state index >= 15 is 0 Å². The highest BCUT2D eigenvalue weighted by Gasteiger charge is 2.39. The molecule has 0 unspecified atom stereocenters. The minimum atomic E-state index is -0.461. The predicted molar refractivity (Wildman–Crippen MR) is 101 cm³/mol. The Labute approximate surface area is 159 Å². The molecule has 1 aliphatic carbocycles. The Hall–Kier alpha value is -1.75. The highest BCUT2D eigenvalue weighted by molar-refractivity contribution is 6.43. The van der Waals surface area contributed by atoms with Crippen LogP contribution in [-0.2, 0) is 0 Å². The van der Waals surface area contributed by atoms with Crippen LogP contribution in [0.5, 0.6) is 0 Å². The minimum Gasteiger partial charge on any atom is -0.376 e. The number of halogens is 3. The first kappa shape index (κ1) is 16.7. The first-order chi connectivity index (χ1) is 12.0. The second-order valence-electron chi connectivity index (χ2n) is 6.27. The van der Waals surface area contributed by atoms with Gasteiger partial charge in [0.1, 0.15) is 5.02 Å². The molecule has 128 valence electrons. The minimum absolute atomic E-state index is 0.0912. The maximum atomic E-state index is 11.2. The van der Waals surface area contributed by atoms with Crippen molar-refractivity contribution < 1.29 is 4.92 Å².